The zero-order valence-electron chi connectivity index (χ0n) is 12.8. The second kappa shape index (κ2) is 8.13. The summed E-state index contributed by atoms with van der Waals surface area (Å²) in [6.07, 6.45) is 0. The van der Waals surface area contributed by atoms with Crippen molar-refractivity contribution in [2.45, 2.75) is 6.54 Å². The van der Waals surface area contributed by atoms with Gasteiger partial charge in [-0.15, -0.1) is 11.3 Å². The van der Waals surface area contributed by atoms with Gasteiger partial charge in [0.15, 0.2) is 5.13 Å². The van der Waals surface area contributed by atoms with Crippen LogP contribution >= 0.6 is 34.5 Å². The summed E-state index contributed by atoms with van der Waals surface area (Å²) in [6.45, 7) is 4.39. The Hall–Kier alpha value is -1.38. The van der Waals surface area contributed by atoms with Crippen LogP contribution in [0.3, 0.4) is 0 Å². The summed E-state index contributed by atoms with van der Waals surface area (Å²) in [4.78, 5) is 17.9. The summed E-state index contributed by atoms with van der Waals surface area (Å²) in [5.74, 6) is 0. The molecule has 128 valence electrons. The molecule has 24 heavy (non-hydrogen) atoms. The highest BCUT2D eigenvalue weighted by atomic mass is 35.5. The van der Waals surface area contributed by atoms with Crippen LogP contribution in [0.5, 0.6) is 0 Å². The van der Waals surface area contributed by atoms with E-state index in [0.29, 0.717) is 20.9 Å². The Balaban J connectivity index is 1.53. The van der Waals surface area contributed by atoms with Gasteiger partial charge in [0.25, 0.3) is 0 Å². The van der Waals surface area contributed by atoms with E-state index in [1.807, 2.05) is 5.38 Å². The highest BCUT2D eigenvalue weighted by Gasteiger charge is 2.16. The number of benzene rings is 1. The normalized spacial score (nSPS) is 15.2. The van der Waals surface area contributed by atoms with E-state index in [-0.39, 0.29) is 6.03 Å². The molecular weight excluding hydrogens is 371 g/mol. The first kappa shape index (κ1) is 17.4. The first-order valence-electron chi connectivity index (χ1n) is 7.49. The predicted octanol–water partition coefficient (Wildman–Crippen LogP) is 2.51. The molecule has 1 fully saturated rings. The quantitative estimate of drug-likeness (QED) is 0.754. The molecule has 1 aromatic carbocycles. The number of quaternary nitrogens is 1. The van der Waals surface area contributed by atoms with Gasteiger partial charge in [-0.3, -0.25) is 5.32 Å². The molecule has 2 aromatic rings. The first-order valence-corrected chi connectivity index (χ1v) is 9.12. The van der Waals surface area contributed by atoms with Crippen LogP contribution in [0, 0.1) is 0 Å². The molecule has 6 nitrogen and oxygen atoms in total. The number of carbonyl (C=O) groups is 1. The number of nitrogens with zero attached hydrogens (tertiary/aromatic N) is 1. The number of thiazole rings is 1. The summed E-state index contributed by atoms with van der Waals surface area (Å²) in [5, 5.41) is 8.80. The number of aromatic nitrogens is 1. The van der Waals surface area contributed by atoms with E-state index in [4.69, 9.17) is 27.9 Å². The van der Waals surface area contributed by atoms with E-state index in [0.717, 1.165) is 38.5 Å². The smallest absolute Gasteiger partial charge is 0.325 e. The third-order valence-corrected chi connectivity index (χ3v) is 5.13. The SMILES string of the molecule is O=C(Nc1ccc(Cl)c(Cl)c1)Nc1nc(C[NH+]2CCOCC2)cs1. The third-order valence-electron chi connectivity index (χ3n) is 3.58. The monoisotopic (exact) mass is 387 g/mol. The van der Waals surface area contributed by atoms with Crippen molar-refractivity contribution in [2.75, 3.05) is 36.9 Å². The van der Waals surface area contributed by atoms with Gasteiger partial charge in [0.2, 0.25) is 0 Å². The average molecular weight is 388 g/mol. The Morgan fingerprint density at radius 3 is 2.79 bits per heavy atom. The molecule has 0 bridgehead atoms. The number of anilines is 2. The van der Waals surface area contributed by atoms with Crippen molar-refractivity contribution in [1.29, 1.82) is 0 Å². The van der Waals surface area contributed by atoms with Crippen molar-refractivity contribution < 1.29 is 14.4 Å². The maximum Gasteiger partial charge on any atom is 0.325 e. The van der Waals surface area contributed by atoms with Crippen LogP contribution in [0.1, 0.15) is 5.69 Å². The summed E-state index contributed by atoms with van der Waals surface area (Å²) in [6, 6.07) is 4.54. The van der Waals surface area contributed by atoms with Gasteiger partial charge < -0.3 is 15.0 Å². The molecule has 1 saturated heterocycles. The number of ether oxygens (including phenoxy) is 1. The lowest BCUT2D eigenvalue weighted by molar-refractivity contribution is -0.921. The zero-order chi connectivity index (χ0) is 16.9. The fourth-order valence-electron chi connectivity index (χ4n) is 2.37. The number of amides is 2. The third kappa shape index (κ3) is 4.81. The maximum absolute atomic E-state index is 12.0. The molecule has 2 amide bonds. The number of halogens is 2. The fraction of sp³-hybridized carbons (Fsp3) is 0.333. The van der Waals surface area contributed by atoms with E-state index in [2.05, 4.69) is 15.6 Å². The Morgan fingerprint density at radius 1 is 1.25 bits per heavy atom. The molecule has 0 aliphatic carbocycles. The molecule has 0 saturated carbocycles. The van der Waals surface area contributed by atoms with Crippen molar-refractivity contribution >= 4 is 51.4 Å². The van der Waals surface area contributed by atoms with E-state index in [1.54, 1.807) is 18.2 Å². The van der Waals surface area contributed by atoms with E-state index < -0.39 is 0 Å². The summed E-state index contributed by atoms with van der Waals surface area (Å²) >= 11 is 13.2. The molecule has 0 spiro atoms. The minimum absolute atomic E-state index is 0.368. The van der Waals surface area contributed by atoms with Gasteiger partial charge in [0.1, 0.15) is 25.3 Å². The number of urea groups is 1. The molecule has 3 N–H and O–H groups in total. The fourth-order valence-corrected chi connectivity index (χ4v) is 3.38. The summed E-state index contributed by atoms with van der Waals surface area (Å²) in [7, 11) is 0. The number of rotatable bonds is 4. The lowest BCUT2D eigenvalue weighted by Gasteiger charge is -2.22. The van der Waals surface area contributed by atoms with Gasteiger partial charge in [-0.05, 0) is 18.2 Å². The predicted molar refractivity (Wildman–Crippen MR) is 96.4 cm³/mol. The minimum Gasteiger partial charge on any atom is -0.370 e. The number of nitrogens with one attached hydrogen (secondary N) is 3. The topological polar surface area (TPSA) is 67.7 Å². The number of hydrogen-bond acceptors (Lipinski definition) is 4. The van der Waals surface area contributed by atoms with E-state index in [9.17, 15) is 4.79 Å². The standard InChI is InChI=1S/C15H16Cl2N4O2S/c16-12-2-1-10(7-13(12)17)18-14(22)20-15-19-11(9-24-15)8-21-3-5-23-6-4-21/h1-2,7,9H,3-6,8H2,(H2,18,19,20,22)/p+1. The van der Waals surface area contributed by atoms with Crippen LogP contribution < -0.4 is 15.5 Å². The second-order valence-corrected chi connectivity index (χ2v) is 7.06. The molecule has 9 heteroatoms. The molecular formula is C15H17Cl2N4O2S+. The maximum atomic E-state index is 12.0. The molecule has 0 unspecified atom stereocenters. The molecule has 0 atom stereocenters. The summed E-state index contributed by atoms with van der Waals surface area (Å²) in [5.41, 5.74) is 1.54. The minimum atomic E-state index is -0.368. The number of morpholine rings is 1. The number of hydrogen-bond donors (Lipinski definition) is 3. The highest BCUT2D eigenvalue weighted by molar-refractivity contribution is 7.13. The Bertz CT molecular complexity index is 719. The highest BCUT2D eigenvalue weighted by Crippen LogP contribution is 2.25. The van der Waals surface area contributed by atoms with E-state index >= 15 is 0 Å². The van der Waals surface area contributed by atoms with Crippen LogP contribution in [0.15, 0.2) is 23.6 Å². The van der Waals surface area contributed by atoms with Gasteiger partial charge in [0.05, 0.1) is 23.3 Å². The Morgan fingerprint density at radius 2 is 2.04 bits per heavy atom. The van der Waals surface area contributed by atoms with Crippen LogP contribution in [-0.4, -0.2) is 37.3 Å². The van der Waals surface area contributed by atoms with Crippen LogP contribution in [0.4, 0.5) is 15.6 Å². The number of carbonyl (C=O) groups excluding carboxylic acids is 1. The lowest BCUT2D eigenvalue weighted by atomic mass is 10.3. The van der Waals surface area contributed by atoms with Crippen molar-refractivity contribution in [3.05, 3.63) is 39.3 Å². The molecule has 1 aromatic heterocycles. The van der Waals surface area contributed by atoms with Gasteiger partial charge in [-0.1, -0.05) is 23.2 Å². The van der Waals surface area contributed by atoms with E-state index in [1.165, 1.54) is 16.2 Å². The van der Waals surface area contributed by atoms with Gasteiger partial charge >= 0.3 is 6.03 Å². The Kier molecular flexibility index (Phi) is 5.91. The lowest BCUT2D eigenvalue weighted by Crippen LogP contribution is -3.12. The molecule has 3 rings (SSSR count). The summed E-state index contributed by atoms with van der Waals surface area (Å²) < 4.78 is 5.35. The zero-order valence-corrected chi connectivity index (χ0v) is 15.1. The largest absolute Gasteiger partial charge is 0.370 e. The Labute approximate surface area is 153 Å². The molecule has 1 aliphatic heterocycles. The van der Waals surface area contributed by atoms with Crippen molar-refractivity contribution in [2.24, 2.45) is 0 Å². The van der Waals surface area contributed by atoms with Crippen LogP contribution in [0.2, 0.25) is 10.0 Å². The van der Waals surface area contributed by atoms with Gasteiger partial charge in [0, 0.05) is 11.1 Å². The molecule has 2 heterocycles. The molecule has 1 aliphatic rings. The van der Waals surface area contributed by atoms with Crippen LogP contribution in [-0.2, 0) is 11.3 Å². The van der Waals surface area contributed by atoms with Gasteiger partial charge in [-0.2, -0.15) is 0 Å². The average Bonchev–Trinajstić information content (AvgIpc) is 2.99. The first-order chi connectivity index (χ1) is 11.6. The van der Waals surface area contributed by atoms with Crippen molar-refractivity contribution in [3.8, 4) is 0 Å². The van der Waals surface area contributed by atoms with Crippen molar-refractivity contribution in [1.82, 2.24) is 4.98 Å². The second-order valence-electron chi connectivity index (χ2n) is 5.39. The van der Waals surface area contributed by atoms with Crippen LogP contribution in [0.25, 0.3) is 0 Å². The van der Waals surface area contributed by atoms with Gasteiger partial charge in [-0.25, -0.2) is 9.78 Å². The van der Waals surface area contributed by atoms with Crippen molar-refractivity contribution in [3.63, 3.8) is 0 Å². The molecule has 0 radical (unpaired) electrons.